The van der Waals surface area contributed by atoms with Crippen LogP contribution in [-0.2, 0) is 0 Å². The van der Waals surface area contributed by atoms with E-state index in [4.69, 9.17) is 0 Å². The molecule has 6 heteroatoms. The lowest BCUT2D eigenvalue weighted by Gasteiger charge is -2.12. The Kier molecular flexibility index (Phi) is 5.87. The maximum absolute atomic E-state index is 12.4. The van der Waals surface area contributed by atoms with Crippen LogP contribution in [0.15, 0.2) is 18.2 Å². The largest absolute Gasteiger partial charge is 0.351 e. The highest BCUT2D eigenvalue weighted by molar-refractivity contribution is 6.22. The molecule has 0 aromatic heterocycles. The summed E-state index contributed by atoms with van der Waals surface area (Å²) in [4.78, 5) is 38.0. The van der Waals surface area contributed by atoms with Gasteiger partial charge in [-0.2, -0.15) is 0 Å². The minimum atomic E-state index is -0.305. The van der Waals surface area contributed by atoms with Gasteiger partial charge < -0.3 is 10.6 Å². The van der Waals surface area contributed by atoms with E-state index in [1.165, 1.54) is 11.0 Å². The second kappa shape index (κ2) is 7.87. The lowest BCUT2D eigenvalue weighted by Crippen LogP contribution is -2.31. The van der Waals surface area contributed by atoms with Crippen molar-refractivity contribution >= 4 is 17.7 Å². The number of benzene rings is 1. The predicted octanol–water partition coefficient (Wildman–Crippen LogP) is 1.42. The SMILES string of the molecule is CCCCN1C(=O)c2ccc(C(=O)NCCNCC)cc2C1=O. The molecule has 2 rings (SSSR count). The van der Waals surface area contributed by atoms with Gasteiger partial charge in [-0.25, -0.2) is 0 Å². The van der Waals surface area contributed by atoms with Crippen LogP contribution in [0.4, 0.5) is 0 Å². The van der Waals surface area contributed by atoms with Crippen LogP contribution in [0, 0.1) is 0 Å². The summed E-state index contributed by atoms with van der Waals surface area (Å²) in [5, 5.41) is 5.90. The number of nitrogens with zero attached hydrogens (tertiary/aromatic N) is 1. The number of imide groups is 1. The number of hydrogen-bond acceptors (Lipinski definition) is 4. The number of rotatable bonds is 8. The molecule has 1 aromatic carbocycles. The van der Waals surface area contributed by atoms with Crippen LogP contribution in [0.5, 0.6) is 0 Å². The fourth-order valence-corrected chi connectivity index (χ4v) is 2.49. The molecule has 124 valence electrons. The molecule has 0 bridgehead atoms. The number of likely N-dealkylation sites (N-methyl/N-ethyl adjacent to an activating group) is 1. The average Bonchev–Trinajstić information content (AvgIpc) is 2.80. The Bertz CT molecular complexity index is 613. The number of hydrogen-bond donors (Lipinski definition) is 2. The van der Waals surface area contributed by atoms with Crippen molar-refractivity contribution in [1.82, 2.24) is 15.5 Å². The van der Waals surface area contributed by atoms with E-state index in [1.807, 2.05) is 13.8 Å². The van der Waals surface area contributed by atoms with E-state index in [1.54, 1.807) is 12.1 Å². The molecule has 0 unspecified atom stereocenters. The van der Waals surface area contributed by atoms with E-state index in [2.05, 4.69) is 10.6 Å². The normalized spacial score (nSPS) is 13.4. The van der Waals surface area contributed by atoms with Gasteiger partial charge in [0, 0.05) is 25.2 Å². The first kappa shape index (κ1) is 17.1. The van der Waals surface area contributed by atoms with Crippen LogP contribution < -0.4 is 10.6 Å². The van der Waals surface area contributed by atoms with Crippen molar-refractivity contribution in [2.75, 3.05) is 26.2 Å². The highest BCUT2D eigenvalue weighted by Crippen LogP contribution is 2.24. The number of unbranched alkanes of at least 4 members (excludes halogenated alkanes) is 1. The molecule has 2 N–H and O–H groups in total. The zero-order chi connectivity index (χ0) is 16.8. The van der Waals surface area contributed by atoms with Gasteiger partial charge in [-0.05, 0) is 31.2 Å². The van der Waals surface area contributed by atoms with Gasteiger partial charge >= 0.3 is 0 Å². The van der Waals surface area contributed by atoms with E-state index < -0.39 is 0 Å². The van der Waals surface area contributed by atoms with Gasteiger partial charge in [0.1, 0.15) is 0 Å². The van der Waals surface area contributed by atoms with Gasteiger partial charge in [0.15, 0.2) is 0 Å². The average molecular weight is 317 g/mol. The summed E-state index contributed by atoms with van der Waals surface area (Å²) in [6.07, 6.45) is 1.69. The lowest BCUT2D eigenvalue weighted by atomic mass is 10.1. The maximum atomic E-state index is 12.4. The van der Waals surface area contributed by atoms with Gasteiger partial charge in [-0.15, -0.1) is 0 Å². The summed E-state index contributed by atoms with van der Waals surface area (Å²) in [7, 11) is 0. The van der Waals surface area contributed by atoms with Crippen LogP contribution in [-0.4, -0.2) is 48.8 Å². The number of fused-ring (bicyclic) bond motifs is 1. The number of nitrogens with one attached hydrogen (secondary N) is 2. The Morgan fingerprint density at radius 2 is 1.83 bits per heavy atom. The van der Waals surface area contributed by atoms with E-state index in [-0.39, 0.29) is 17.7 Å². The second-order valence-corrected chi connectivity index (χ2v) is 5.49. The summed E-state index contributed by atoms with van der Waals surface area (Å²) in [5.74, 6) is -0.809. The fourth-order valence-electron chi connectivity index (χ4n) is 2.49. The quantitative estimate of drug-likeness (QED) is 0.561. The Morgan fingerprint density at radius 3 is 2.52 bits per heavy atom. The smallest absolute Gasteiger partial charge is 0.261 e. The lowest BCUT2D eigenvalue weighted by molar-refractivity contribution is 0.0652. The Labute approximate surface area is 136 Å². The molecule has 0 saturated carbocycles. The third kappa shape index (κ3) is 3.76. The van der Waals surface area contributed by atoms with Gasteiger partial charge in [0.2, 0.25) is 0 Å². The van der Waals surface area contributed by atoms with E-state index in [9.17, 15) is 14.4 Å². The molecule has 1 aliphatic rings. The van der Waals surface area contributed by atoms with Crippen LogP contribution in [0.25, 0.3) is 0 Å². The van der Waals surface area contributed by atoms with Crippen molar-refractivity contribution < 1.29 is 14.4 Å². The van der Waals surface area contributed by atoms with Crippen LogP contribution in [0.2, 0.25) is 0 Å². The molecule has 6 nitrogen and oxygen atoms in total. The van der Waals surface area contributed by atoms with Crippen molar-refractivity contribution in [3.63, 3.8) is 0 Å². The van der Waals surface area contributed by atoms with Gasteiger partial charge in [-0.1, -0.05) is 20.3 Å². The van der Waals surface area contributed by atoms with Crippen molar-refractivity contribution in [3.05, 3.63) is 34.9 Å². The molecule has 1 aromatic rings. The van der Waals surface area contributed by atoms with E-state index >= 15 is 0 Å². The van der Waals surface area contributed by atoms with Gasteiger partial charge in [-0.3, -0.25) is 19.3 Å². The molecule has 0 aliphatic carbocycles. The van der Waals surface area contributed by atoms with Crippen molar-refractivity contribution in [1.29, 1.82) is 0 Å². The minimum Gasteiger partial charge on any atom is -0.351 e. The molecule has 0 atom stereocenters. The number of amides is 3. The first-order chi connectivity index (χ1) is 11.1. The van der Waals surface area contributed by atoms with Gasteiger partial charge in [0.05, 0.1) is 11.1 Å². The Hall–Kier alpha value is -2.21. The summed E-state index contributed by atoms with van der Waals surface area (Å²) >= 11 is 0. The Morgan fingerprint density at radius 1 is 1.09 bits per heavy atom. The van der Waals surface area contributed by atoms with Crippen molar-refractivity contribution in [2.24, 2.45) is 0 Å². The third-order valence-electron chi connectivity index (χ3n) is 3.81. The highest BCUT2D eigenvalue weighted by atomic mass is 16.2. The number of carbonyl (C=O) groups excluding carboxylic acids is 3. The predicted molar refractivity (Wildman–Crippen MR) is 87.6 cm³/mol. The molecular weight excluding hydrogens is 294 g/mol. The summed E-state index contributed by atoms with van der Waals surface area (Å²) in [6, 6.07) is 4.68. The first-order valence-electron chi connectivity index (χ1n) is 8.09. The Balaban J connectivity index is 2.09. The molecule has 3 amide bonds. The van der Waals surface area contributed by atoms with E-state index in [0.717, 1.165) is 19.4 Å². The van der Waals surface area contributed by atoms with E-state index in [0.29, 0.717) is 36.3 Å². The summed E-state index contributed by atoms with van der Waals surface area (Å²) < 4.78 is 0. The molecule has 0 saturated heterocycles. The molecule has 0 radical (unpaired) electrons. The maximum Gasteiger partial charge on any atom is 0.261 e. The molecule has 1 heterocycles. The van der Waals surface area contributed by atoms with Crippen molar-refractivity contribution in [2.45, 2.75) is 26.7 Å². The number of carbonyl (C=O) groups is 3. The fraction of sp³-hybridized carbons (Fsp3) is 0.471. The molecule has 23 heavy (non-hydrogen) atoms. The molecule has 0 fully saturated rings. The molecule has 1 aliphatic heterocycles. The zero-order valence-corrected chi connectivity index (χ0v) is 13.6. The van der Waals surface area contributed by atoms with Crippen LogP contribution >= 0.6 is 0 Å². The van der Waals surface area contributed by atoms with Crippen molar-refractivity contribution in [3.8, 4) is 0 Å². The topological polar surface area (TPSA) is 78.5 Å². The molecular formula is C17H23N3O3. The third-order valence-corrected chi connectivity index (χ3v) is 3.81. The van der Waals surface area contributed by atoms with Crippen LogP contribution in [0.3, 0.4) is 0 Å². The first-order valence-corrected chi connectivity index (χ1v) is 8.09. The second-order valence-electron chi connectivity index (χ2n) is 5.49. The van der Waals surface area contributed by atoms with Gasteiger partial charge in [0.25, 0.3) is 17.7 Å². The summed E-state index contributed by atoms with van der Waals surface area (Å²) in [6.45, 7) is 6.48. The molecule has 0 spiro atoms. The van der Waals surface area contributed by atoms with Crippen LogP contribution in [0.1, 0.15) is 57.8 Å². The highest BCUT2D eigenvalue weighted by Gasteiger charge is 2.35. The monoisotopic (exact) mass is 317 g/mol. The standard InChI is InChI=1S/C17H23N3O3/c1-3-5-10-20-16(22)13-7-6-12(11-14(13)17(20)23)15(21)19-9-8-18-4-2/h6-7,11,18H,3-5,8-10H2,1-2H3,(H,19,21). The zero-order valence-electron chi connectivity index (χ0n) is 13.6. The summed E-state index contributed by atoms with van der Waals surface area (Å²) in [5.41, 5.74) is 1.11. The minimum absolute atomic E-state index is 0.238.